The molecule has 3 aromatic rings. The Kier molecular flexibility index (Phi) is 3.78. The van der Waals surface area contributed by atoms with Crippen LogP contribution in [0.1, 0.15) is 12.7 Å². The summed E-state index contributed by atoms with van der Waals surface area (Å²) in [5.41, 5.74) is 4.95. The maximum Gasteiger partial charge on any atom is 0.176 e. The molecule has 2 aromatic carbocycles. The van der Waals surface area contributed by atoms with Crippen LogP contribution in [0.4, 0.5) is 10.1 Å². The van der Waals surface area contributed by atoms with Crippen LogP contribution in [0, 0.1) is 5.82 Å². The Morgan fingerprint density at radius 1 is 1.18 bits per heavy atom. The van der Waals surface area contributed by atoms with Gasteiger partial charge in [0.25, 0.3) is 0 Å². The first-order chi connectivity index (χ1) is 10.7. The highest BCUT2D eigenvalue weighted by atomic mass is 19.1. The van der Waals surface area contributed by atoms with E-state index in [1.54, 1.807) is 19.2 Å². The first kappa shape index (κ1) is 14.1. The number of anilines is 1. The molecule has 1 N–H and O–H groups in total. The Morgan fingerprint density at radius 2 is 1.95 bits per heavy atom. The number of nitrogens with one attached hydrogen (secondary N) is 1. The van der Waals surface area contributed by atoms with Crippen LogP contribution in [0.5, 0.6) is 5.75 Å². The number of rotatable bonds is 4. The molecule has 0 amide bonds. The molecule has 0 spiro atoms. The standard InChI is InChI=1S/C17H15FN2O2/c1-11(19-20-14-8-6-13(18)7-9-14)16-10-12-4-3-5-15(21-2)17(12)22-16/h3-10,20H,1-2H3/b19-11-. The lowest BCUT2D eigenvalue weighted by Gasteiger charge is -2.01. The molecule has 0 aliphatic carbocycles. The van der Waals surface area contributed by atoms with E-state index in [4.69, 9.17) is 9.15 Å². The van der Waals surface area contributed by atoms with Crippen LogP contribution in [-0.4, -0.2) is 12.8 Å². The topological polar surface area (TPSA) is 46.8 Å². The summed E-state index contributed by atoms with van der Waals surface area (Å²) in [5.74, 6) is 1.05. The molecule has 4 nitrogen and oxygen atoms in total. The van der Waals surface area contributed by atoms with E-state index in [1.165, 1.54) is 12.1 Å². The van der Waals surface area contributed by atoms with Crippen molar-refractivity contribution in [3.8, 4) is 5.75 Å². The van der Waals surface area contributed by atoms with Crippen LogP contribution in [0.2, 0.25) is 0 Å². The predicted molar refractivity (Wildman–Crippen MR) is 85.0 cm³/mol. The fraction of sp³-hybridized carbons (Fsp3) is 0.118. The number of fused-ring (bicyclic) bond motifs is 1. The van der Waals surface area contributed by atoms with E-state index in [-0.39, 0.29) is 5.82 Å². The number of hydrogen-bond acceptors (Lipinski definition) is 4. The molecule has 0 fully saturated rings. The molecule has 22 heavy (non-hydrogen) atoms. The maximum atomic E-state index is 12.8. The van der Waals surface area contributed by atoms with Gasteiger partial charge in [0.05, 0.1) is 12.8 Å². The van der Waals surface area contributed by atoms with Gasteiger partial charge in [-0.05, 0) is 43.3 Å². The molecule has 1 aromatic heterocycles. The average molecular weight is 298 g/mol. The second kappa shape index (κ2) is 5.89. The van der Waals surface area contributed by atoms with Crippen LogP contribution in [-0.2, 0) is 0 Å². The first-order valence-electron chi connectivity index (χ1n) is 6.80. The highest BCUT2D eigenvalue weighted by molar-refractivity contribution is 6.00. The van der Waals surface area contributed by atoms with Gasteiger partial charge in [0.2, 0.25) is 0 Å². The minimum Gasteiger partial charge on any atom is -0.493 e. The summed E-state index contributed by atoms with van der Waals surface area (Å²) in [5, 5.41) is 5.20. The van der Waals surface area contributed by atoms with Gasteiger partial charge < -0.3 is 9.15 Å². The van der Waals surface area contributed by atoms with Gasteiger partial charge in [-0.15, -0.1) is 0 Å². The van der Waals surface area contributed by atoms with Crippen molar-refractivity contribution in [1.29, 1.82) is 0 Å². The summed E-state index contributed by atoms with van der Waals surface area (Å²) in [7, 11) is 1.61. The fourth-order valence-electron chi connectivity index (χ4n) is 2.10. The summed E-state index contributed by atoms with van der Waals surface area (Å²) < 4.78 is 23.9. The quantitative estimate of drug-likeness (QED) is 0.573. The lowest BCUT2D eigenvalue weighted by molar-refractivity contribution is 0.410. The molecule has 1 heterocycles. The lowest BCUT2D eigenvalue weighted by atomic mass is 10.2. The molecule has 0 saturated heterocycles. The van der Waals surface area contributed by atoms with Crippen LogP contribution in [0.15, 0.2) is 58.0 Å². The second-order valence-electron chi connectivity index (χ2n) is 4.81. The molecule has 0 unspecified atom stereocenters. The van der Waals surface area contributed by atoms with Crippen LogP contribution in [0.3, 0.4) is 0 Å². The van der Waals surface area contributed by atoms with Gasteiger partial charge in [0.1, 0.15) is 11.5 Å². The highest BCUT2D eigenvalue weighted by Gasteiger charge is 2.10. The Bertz CT molecular complexity index is 822. The zero-order valence-corrected chi connectivity index (χ0v) is 12.3. The molecular formula is C17H15FN2O2. The zero-order chi connectivity index (χ0) is 15.5. The fourth-order valence-corrected chi connectivity index (χ4v) is 2.10. The van der Waals surface area contributed by atoms with Crippen molar-refractivity contribution < 1.29 is 13.5 Å². The third-order valence-electron chi connectivity index (χ3n) is 3.28. The number of benzene rings is 2. The highest BCUT2D eigenvalue weighted by Crippen LogP contribution is 2.28. The monoisotopic (exact) mass is 298 g/mol. The number of halogens is 1. The van der Waals surface area contributed by atoms with Crippen molar-refractivity contribution in [3.05, 3.63) is 60.1 Å². The molecule has 0 saturated carbocycles. The van der Waals surface area contributed by atoms with Crippen molar-refractivity contribution in [2.24, 2.45) is 5.10 Å². The molecular weight excluding hydrogens is 283 g/mol. The van der Waals surface area contributed by atoms with Crippen LogP contribution < -0.4 is 10.2 Å². The van der Waals surface area contributed by atoms with Crippen molar-refractivity contribution in [1.82, 2.24) is 0 Å². The Hall–Kier alpha value is -2.82. The third-order valence-corrected chi connectivity index (χ3v) is 3.28. The number of nitrogens with zero attached hydrogens (tertiary/aromatic N) is 1. The molecule has 0 aliphatic heterocycles. The zero-order valence-electron chi connectivity index (χ0n) is 12.3. The number of furan rings is 1. The van der Waals surface area contributed by atoms with Crippen LogP contribution >= 0.6 is 0 Å². The normalized spacial score (nSPS) is 11.7. The summed E-state index contributed by atoms with van der Waals surface area (Å²) in [6.07, 6.45) is 0. The number of ether oxygens (including phenoxy) is 1. The van der Waals surface area contributed by atoms with Gasteiger partial charge >= 0.3 is 0 Å². The van der Waals surface area contributed by atoms with Crippen molar-refractivity contribution >= 4 is 22.4 Å². The molecule has 0 bridgehead atoms. The maximum absolute atomic E-state index is 12.8. The minimum atomic E-state index is -0.282. The molecule has 0 atom stereocenters. The van der Waals surface area contributed by atoms with Crippen molar-refractivity contribution in [2.45, 2.75) is 6.92 Å². The summed E-state index contributed by atoms with van der Waals surface area (Å²) in [6, 6.07) is 13.6. The Morgan fingerprint density at radius 3 is 2.68 bits per heavy atom. The molecule has 112 valence electrons. The van der Waals surface area contributed by atoms with E-state index in [2.05, 4.69) is 10.5 Å². The van der Waals surface area contributed by atoms with E-state index in [1.807, 2.05) is 31.2 Å². The summed E-state index contributed by atoms with van der Waals surface area (Å²) >= 11 is 0. The minimum absolute atomic E-state index is 0.282. The first-order valence-corrected chi connectivity index (χ1v) is 6.80. The van der Waals surface area contributed by atoms with Crippen molar-refractivity contribution in [2.75, 3.05) is 12.5 Å². The van der Waals surface area contributed by atoms with Gasteiger partial charge in [-0.2, -0.15) is 5.10 Å². The van der Waals surface area contributed by atoms with E-state index < -0.39 is 0 Å². The molecule has 3 rings (SSSR count). The van der Waals surface area contributed by atoms with E-state index >= 15 is 0 Å². The summed E-state index contributed by atoms with van der Waals surface area (Å²) in [6.45, 7) is 1.83. The molecule has 0 radical (unpaired) electrons. The van der Waals surface area contributed by atoms with E-state index in [0.29, 0.717) is 28.5 Å². The summed E-state index contributed by atoms with van der Waals surface area (Å²) in [4.78, 5) is 0. The SMILES string of the molecule is COc1cccc2cc(/C(C)=N\Nc3ccc(F)cc3)oc12. The number of para-hydroxylation sites is 1. The lowest BCUT2D eigenvalue weighted by Crippen LogP contribution is -1.98. The van der Waals surface area contributed by atoms with Crippen molar-refractivity contribution in [3.63, 3.8) is 0 Å². The number of methoxy groups -OCH3 is 1. The number of hydrogen-bond donors (Lipinski definition) is 1. The van der Waals surface area contributed by atoms with Gasteiger partial charge in [-0.3, -0.25) is 5.43 Å². The van der Waals surface area contributed by atoms with E-state index in [0.717, 1.165) is 5.39 Å². The predicted octanol–water partition coefficient (Wildman–Crippen LogP) is 4.42. The second-order valence-corrected chi connectivity index (χ2v) is 4.81. The Labute approximate surface area is 127 Å². The third kappa shape index (κ3) is 2.79. The Balaban J connectivity index is 1.86. The van der Waals surface area contributed by atoms with Gasteiger partial charge in [0, 0.05) is 5.39 Å². The van der Waals surface area contributed by atoms with Gasteiger partial charge in [-0.1, -0.05) is 12.1 Å². The molecule has 0 aliphatic rings. The largest absolute Gasteiger partial charge is 0.493 e. The van der Waals surface area contributed by atoms with Crippen LogP contribution in [0.25, 0.3) is 11.0 Å². The van der Waals surface area contributed by atoms with Gasteiger partial charge in [-0.25, -0.2) is 4.39 Å². The average Bonchev–Trinajstić information content (AvgIpc) is 2.98. The smallest absolute Gasteiger partial charge is 0.176 e. The van der Waals surface area contributed by atoms with Gasteiger partial charge in [0.15, 0.2) is 17.1 Å². The van der Waals surface area contributed by atoms with E-state index in [9.17, 15) is 4.39 Å². The molecule has 5 heteroatoms. The number of hydrazone groups is 1.